The number of aliphatic hydroxyl groups is 1. The molecule has 4 N–H and O–H groups in total. The number of amides is 1. The van der Waals surface area contributed by atoms with Crippen LogP contribution in [0.1, 0.15) is 12.7 Å². The monoisotopic (exact) mass is 526 g/mol. The zero-order chi connectivity index (χ0) is 27.3. The number of hydrogen-bond acceptors (Lipinski definition) is 11. The second-order valence-corrected chi connectivity index (χ2v) is 8.47. The summed E-state index contributed by atoms with van der Waals surface area (Å²) in [7, 11) is 0. The standard InChI is InChI=1S/C24H23FN6O7/c1-23(21(34)35-10-7-26)12-37-24(19(27)33,38-13-23)20-30-17(14-2-4-15(25)5-3-14)18(31-20)16-6-8-28-22(29-16)36-11-9-32/h2-6,8,32H,9-13H2,1H3,(H2,27,33)(H,30,31). The summed E-state index contributed by atoms with van der Waals surface area (Å²) in [4.78, 5) is 40.9. The summed E-state index contributed by atoms with van der Waals surface area (Å²) in [5.74, 6) is -4.64. The van der Waals surface area contributed by atoms with Crippen molar-refractivity contribution >= 4 is 11.9 Å². The molecule has 1 aromatic carbocycles. The zero-order valence-electron chi connectivity index (χ0n) is 20.1. The third-order valence-corrected chi connectivity index (χ3v) is 5.62. The zero-order valence-corrected chi connectivity index (χ0v) is 20.1. The fourth-order valence-electron chi connectivity index (χ4n) is 3.61. The number of primary amides is 1. The Kier molecular flexibility index (Phi) is 7.62. The van der Waals surface area contributed by atoms with Gasteiger partial charge in [-0.3, -0.25) is 9.59 Å². The number of aromatic nitrogens is 4. The van der Waals surface area contributed by atoms with Gasteiger partial charge in [-0.1, -0.05) is 0 Å². The normalized spacial score (nSPS) is 20.9. The maximum absolute atomic E-state index is 13.6. The van der Waals surface area contributed by atoms with Crippen LogP contribution in [0.15, 0.2) is 36.5 Å². The molecular weight excluding hydrogens is 503 g/mol. The first-order chi connectivity index (χ1) is 18.2. The number of ether oxygens (including phenoxy) is 4. The molecule has 198 valence electrons. The second kappa shape index (κ2) is 10.9. The molecule has 13 nitrogen and oxygen atoms in total. The summed E-state index contributed by atoms with van der Waals surface area (Å²) in [5, 5.41) is 17.7. The van der Waals surface area contributed by atoms with E-state index < -0.39 is 35.5 Å². The molecule has 1 saturated heterocycles. The number of nitriles is 1. The van der Waals surface area contributed by atoms with Gasteiger partial charge in [-0.2, -0.15) is 10.2 Å². The molecule has 1 aliphatic heterocycles. The largest absolute Gasteiger partial charge is 0.461 e. The number of carbonyl (C=O) groups is 2. The molecule has 3 heterocycles. The summed E-state index contributed by atoms with van der Waals surface area (Å²) in [5.41, 5.74) is 5.63. The van der Waals surface area contributed by atoms with E-state index in [4.69, 9.17) is 35.0 Å². The maximum atomic E-state index is 13.6. The van der Waals surface area contributed by atoms with Gasteiger partial charge in [0.05, 0.1) is 36.9 Å². The van der Waals surface area contributed by atoms with Gasteiger partial charge in [-0.05, 0) is 37.3 Å². The number of aromatic amines is 1. The van der Waals surface area contributed by atoms with Crippen LogP contribution in [0.5, 0.6) is 6.01 Å². The van der Waals surface area contributed by atoms with E-state index in [1.165, 1.54) is 43.5 Å². The van der Waals surface area contributed by atoms with Crippen molar-refractivity contribution in [1.29, 1.82) is 5.26 Å². The third kappa shape index (κ3) is 5.16. The van der Waals surface area contributed by atoms with E-state index in [0.717, 1.165) is 0 Å². The van der Waals surface area contributed by atoms with Gasteiger partial charge in [0.25, 0.3) is 5.91 Å². The Labute approximate surface area is 215 Å². The number of nitrogens with two attached hydrogens (primary N) is 1. The van der Waals surface area contributed by atoms with Crippen molar-refractivity contribution in [3.8, 4) is 34.7 Å². The number of halogens is 1. The highest BCUT2D eigenvalue weighted by molar-refractivity contribution is 5.85. The molecule has 2 aromatic heterocycles. The van der Waals surface area contributed by atoms with Crippen LogP contribution >= 0.6 is 0 Å². The van der Waals surface area contributed by atoms with Crippen LogP contribution in [0.25, 0.3) is 22.6 Å². The first-order valence-corrected chi connectivity index (χ1v) is 11.3. The smallest absolute Gasteiger partial charge is 0.317 e. The number of benzene rings is 1. The van der Waals surface area contributed by atoms with Gasteiger partial charge in [0.15, 0.2) is 12.4 Å². The first-order valence-electron chi connectivity index (χ1n) is 11.3. The highest BCUT2D eigenvalue weighted by Crippen LogP contribution is 2.39. The number of aliphatic hydroxyl groups excluding tert-OH is 1. The van der Waals surface area contributed by atoms with Crippen molar-refractivity contribution < 1.29 is 38.0 Å². The molecule has 0 radical (unpaired) electrons. The molecule has 0 bridgehead atoms. The van der Waals surface area contributed by atoms with Gasteiger partial charge in [0, 0.05) is 11.8 Å². The Morgan fingerprint density at radius 1 is 1.24 bits per heavy atom. The van der Waals surface area contributed by atoms with Crippen molar-refractivity contribution in [3.05, 3.63) is 48.2 Å². The number of rotatable bonds is 9. The number of nitrogens with zero attached hydrogens (tertiary/aromatic N) is 4. The van der Waals surface area contributed by atoms with Crippen LogP contribution in [0.2, 0.25) is 0 Å². The molecule has 0 aliphatic carbocycles. The lowest BCUT2D eigenvalue weighted by atomic mass is 9.91. The topological polar surface area (TPSA) is 196 Å². The van der Waals surface area contributed by atoms with Crippen LogP contribution in [-0.2, 0) is 29.6 Å². The minimum atomic E-state index is -2.22. The average molecular weight is 526 g/mol. The van der Waals surface area contributed by atoms with Gasteiger partial charge in [0.2, 0.25) is 0 Å². The molecule has 0 spiro atoms. The Hall–Kier alpha value is -4.45. The Morgan fingerprint density at radius 3 is 2.58 bits per heavy atom. The highest BCUT2D eigenvalue weighted by Gasteiger charge is 2.54. The van der Waals surface area contributed by atoms with Gasteiger partial charge < -0.3 is 34.8 Å². The predicted molar refractivity (Wildman–Crippen MR) is 125 cm³/mol. The molecule has 0 unspecified atom stereocenters. The first kappa shape index (κ1) is 26.6. The molecule has 1 amide bonds. The number of H-pyrrole nitrogens is 1. The molecular formula is C24H23FN6O7. The van der Waals surface area contributed by atoms with E-state index >= 15 is 0 Å². The quantitative estimate of drug-likeness (QED) is 0.334. The summed E-state index contributed by atoms with van der Waals surface area (Å²) < 4.78 is 35.3. The van der Waals surface area contributed by atoms with E-state index in [-0.39, 0.29) is 55.3 Å². The molecule has 0 atom stereocenters. The Morgan fingerprint density at radius 2 is 1.95 bits per heavy atom. The maximum Gasteiger partial charge on any atom is 0.317 e. The van der Waals surface area contributed by atoms with E-state index in [9.17, 15) is 14.0 Å². The van der Waals surface area contributed by atoms with Crippen LogP contribution in [0.4, 0.5) is 4.39 Å². The fraction of sp³-hybridized carbons (Fsp3) is 0.333. The summed E-state index contributed by atoms with van der Waals surface area (Å²) in [6, 6.07) is 8.64. The molecule has 1 fully saturated rings. The lowest BCUT2D eigenvalue weighted by Gasteiger charge is -2.40. The van der Waals surface area contributed by atoms with E-state index in [0.29, 0.717) is 5.56 Å². The summed E-state index contributed by atoms with van der Waals surface area (Å²) in [6.45, 7) is 0.0698. The van der Waals surface area contributed by atoms with Gasteiger partial charge in [-0.25, -0.2) is 14.4 Å². The summed E-state index contributed by atoms with van der Waals surface area (Å²) >= 11 is 0. The SMILES string of the molecule is CC1(C(=O)OCC#N)COC(C(N)=O)(c2nc(-c3ccc(F)cc3)c(-c3ccnc(OCCO)n3)[nH]2)OC1. The second-order valence-electron chi connectivity index (χ2n) is 8.47. The number of carbonyl (C=O) groups excluding carboxylic acids is 2. The van der Waals surface area contributed by atoms with Crippen LogP contribution in [0, 0.1) is 22.6 Å². The third-order valence-electron chi connectivity index (χ3n) is 5.62. The van der Waals surface area contributed by atoms with Crippen LogP contribution in [0.3, 0.4) is 0 Å². The van der Waals surface area contributed by atoms with E-state index in [1.807, 2.05) is 0 Å². The summed E-state index contributed by atoms with van der Waals surface area (Å²) in [6.07, 6.45) is 1.42. The highest BCUT2D eigenvalue weighted by atomic mass is 19.1. The number of nitrogens with one attached hydrogen (secondary N) is 1. The van der Waals surface area contributed by atoms with Crippen molar-refractivity contribution in [2.45, 2.75) is 12.7 Å². The minimum Gasteiger partial charge on any atom is -0.461 e. The van der Waals surface area contributed by atoms with Crippen molar-refractivity contribution in [2.75, 3.05) is 33.0 Å². The molecule has 38 heavy (non-hydrogen) atoms. The molecule has 0 saturated carbocycles. The lowest BCUT2D eigenvalue weighted by molar-refractivity contribution is -0.293. The van der Waals surface area contributed by atoms with Gasteiger partial charge in [-0.15, -0.1) is 0 Å². The Balaban J connectivity index is 1.76. The lowest BCUT2D eigenvalue weighted by Crippen LogP contribution is -2.56. The molecule has 4 rings (SSSR count). The molecule has 1 aliphatic rings. The van der Waals surface area contributed by atoms with Gasteiger partial charge in [0.1, 0.15) is 23.9 Å². The van der Waals surface area contributed by atoms with Crippen LogP contribution in [-0.4, -0.2) is 70.0 Å². The minimum absolute atomic E-state index is 0.0285. The van der Waals surface area contributed by atoms with E-state index in [2.05, 4.69) is 19.9 Å². The van der Waals surface area contributed by atoms with Crippen LogP contribution < -0.4 is 10.5 Å². The molecule has 3 aromatic rings. The predicted octanol–water partition coefficient (Wildman–Crippen LogP) is 0.802. The van der Waals surface area contributed by atoms with E-state index in [1.54, 1.807) is 6.07 Å². The number of esters is 1. The van der Waals surface area contributed by atoms with Crippen molar-refractivity contribution in [1.82, 2.24) is 19.9 Å². The van der Waals surface area contributed by atoms with Gasteiger partial charge >= 0.3 is 17.8 Å². The van der Waals surface area contributed by atoms with Crippen molar-refractivity contribution in [3.63, 3.8) is 0 Å². The molecule has 14 heteroatoms. The number of hydrogen-bond donors (Lipinski definition) is 3. The number of imidazole rings is 1. The van der Waals surface area contributed by atoms with Crippen molar-refractivity contribution in [2.24, 2.45) is 11.1 Å². The Bertz CT molecular complexity index is 1360. The fourth-order valence-corrected chi connectivity index (χ4v) is 3.61. The average Bonchev–Trinajstić information content (AvgIpc) is 3.37.